The molecule has 6 nitrogen and oxygen atoms in total. The van der Waals surface area contributed by atoms with Crippen molar-refractivity contribution in [1.82, 2.24) is 19.6 Å². The van der Waals surface area contributed by atoms with Crippen LogP contribution in [0.5, 0.6) is 0 Å². The van der Waals surface area contributed by atoms with Gasteiger partial charge < -0.3 is 5.11 Å². The molecule has 0 atom stereocenters. The number of imidazole rings is 1. The zero-order chi connectivity index (χ0) is 12.5. The number of carbonyl (C=O) groups is 1. The van der Waals surface area contributed by atoms with Crippen molar-refractivity contribution in [3.05, 3.63) is 48.5 Å². The van der Waals surface area contributed by atoms with Crippen LogP contribution in [0.25, 0.3) is 16.9 Å². The Labute approximate surface area is 102 Å². The monoisotopic (exact) mass is 240 g/mol. The van der Waals surface area contributed by atoms with E-state index in [9.17, 15) is 4.79 Å². The fourth-order valence-corrected chi connectivity index (χ4v) is 1.77. The summed E-state index contributed by atoms with van der Waals surface area (Å²) < 4.78 is 1.50. The van der Waals surface area contributed by atoms with Crippen LogP contribution >= 0.6 is 0 Å². The molecule has 3 heterocycles. The molecule has 88 valence electrons. The number of aromatic nitrogens is 4. The molecule has 0 amide bonds. The summed E-state index contributed by atoms with van der Waals surface area (Å²) in [7, 11) is 0. The lowest BCUT2D eigenvalue weighted by atomic mass is 10.3. The quantitative estimate of drug-likeness (QED) is 0.734. The Bertz CT molecular complexity index is 721. The lowest BCUT2D eigenvalue weighted by Crippen LogP contribution is -1.97. The zero-order valence-corrected chi connectivity index (χ0v) is 9.19. The lowest BCUT2D eigenvalue weighted by Gasteiger charge is -1.98. The molecule has 18 heavy (non-hydrogen) atoms. The molecule has 0 bridgehead atoms. The van der Waals surface area contributed by atoms with Gasteiger partial charge in [0.05, 0.1) is 0 Å². The largest absolute Gasteiger partial charge is 0.476 e. The Kier molecular flexibility index (Phi) is 2.26. The van der Waals surface area contributed by atoms with Crippen LogP contribution in [-0.4, -0.2) is 30.7 Å². The van der Waals surface area contributed by atoms with Crippen molar-refractivity contribution in [1.29, 1.82) is 0 Å². The van der Waals surface area contributed by atoms with E-state index in [4.69, 9.17) is 5.11 Å². The van der Waals surface area contributed by atoms with Gasteiger partial charge in [-0.2, -0.15) is 5.10 Å². The number of nitrogens with zero attached hydrogens (tertiary/aromatic N) is 4. The number of carboxylic acids is 1. The highest BCUT2D eigenvalue weighted by atomic mass is 16.4. The molecule has 0 fully saturated rings. The number of carboxylic acid groups (broad SMARTS) is 1. The Morgan fingerprint density at radius 3 is 2.78 bits per heavy atom. The Hall–Kier alpha value is -2.76. The summed E-state index contributed by atoms with van der Waals surface area (Å²) >= 11 is 0. The maximum absolute atomic E-state index is 11.1. The van der Waals surface area contributed by atoms with Gasteiger partial charge in [-0.15, -0.1) is 0 Å². The number of rotatable bonds is 2. The smallest absolute Gasteiger partial charge is 0.356 e. The van der Waals surface area contributed by atoms with Crippen LogP contribution in [0.3, 0.4) is 0 Å². The molecule has 0 aromatic carbocycles. The van der Waals surface area contributed by atoms with Gasteiger partial charge in [-0.3, -0.25) is 4.98 Å². The van der Waals surface area contributed by atoms with E-state index < -0.39 is 5.97 Å². The van der Waals surface area contributed by atoms with Gasteiger partial charge >= 0.3 is 5.97 Å². The van der Waals surface area contributed by atoms with E-state index in [-0.39, 0.29) is 5.69 Å². The molecule has 0 aliphatic rings. The predicted molar refractivity (Wildman–Crippen MR) is 63.2 cm³/mol. The third-order valence-corrected chi connectivity index (χ3v) is 2.53. The first-order valence-electron chi connectivity index (χ1n) is 5.25. The maximum atomic E-state index is 11.1. The van der Waals surface area contributed by atoms with Gasteiger partial charge in [0.25, 0.3) is 0 Å². The van der Waals surface area contributed by atoms with Crippen LogP contribution in [-0.2, 0) is 0 Å². The van der Waals surface area contributed by atoms with Crippen molar-refractivity contribution in [2.24, 2.45) is 0 Å². The molecule has 0 spiro atoms. The summed E-state index contributed by atoms with van der Waals surface area (Å²) in [4.78, 5) is 19.3. The number of pyridine rings is 1. The molecule has 3 rings (SSSR count). The van der Waals surface area contributed by atoms with Crippen molar-refractivity contribution in [3.8, 4) is 11.4 Å². The molecule has 0 saturated heterocycles. The van der Waals surface area contributed by atoms with Crippen LogP contribution < -0.4 is 0 Å². The number of hydrogen-bond acceptors (Lipinski definition) is 4. The standard InChI is InChI=1S/C12H8N4O2/c17-12(18)10-9-4-2-6-14-16(9)11(15-10)8-3-1-5-13-7-8/h1-7H,(H,17,18). The minimum absolute atomic E-state index is 0.0121. The molecule has 0 aliphatic heterocycles. The van der Waals surface area contributed by atoms with Gasteiger partial charge in [-0.1, -0.05) is 0 Å². The molecule has 3 aromatic heterocycles. The van der Waals surface area contributed by atoms with Crippen LogP contribution in [0.2, 0.25) is 0 Å². The minimum atomic E-state index is -1.07. The van der Waals surface area contributed by atoms with Crippen molar-refractivity contribution >= 4 is 11.5 Å². The second-order valence-corrected chi connectivity index (χ2v) is 3.65. The van der Waals surface area contributed by atoms with Crippen molar-refractivity contribution in [2.75, 3.05) is 0 Å². The van der Waals surface area contributed by atoms with Gasteiger partial charge in [0.2, 0.25) is 0 Å². The van der Waals surface area contributed by atoms with E-state index in [1.807, 2.05) is 6.07 Å². The SMILES string of the molecule is O=C(O)c1nc(-c2cccnc2)n2ncccc12. The first kappa shape index (κ1) is 10.4. The first-order chi connectivity index (χ1) is 8.77. The van der Waals surface area contributed by atoms with Crippen LogP contribution in [0.15, 0.2) is 42.9 Å². The Morgan fingerprint density at radius 1 is 1.22 bits per heavy atom. The molecule has 0 unspecified atom stereocenters. The van der Waals surface area contributed by atoms with Gasteiger partial charge in [-0.05, 0) is 24.3 Å². The van der Waals surface area contributed by atoms with Crippen LogP contribution in [0, 0.1) is 0 Å². The average molecular weight is 240 g/mol. The molecule has 0 radical (unpaired) electrons. The highest BCUT2D eigenvalue weighted by Crippen LogP contribution is 2.20. The highest BCUT2D eigenvalue weighted by molar-refractivity contribution is 5.94. The van der Waals surface area contributed by atoms with Crippen molar-refractivity contribution < 1.29 is 9.90 Å². The number of aromatic carboxylic acids is 1. The molecule has 0 saturated carbocycles. The third kappa shape index (κ3) is 1.51. The van der Waals surface area contributed by atoms with Gasteiger partial charge in [-0.25, -0.2) is 14.3 Å². The van der Waals surface area contributed by atoms with Gasteiger partial charge in [0.1, 0.15) is 5.52 Å². The Balaban J connectivity index is 2.34. The van der Waals surface area contributed by atoms with Crippen LogP contribution in [0.1, 0.15) is 10.5 Å². The fraction of sp³-hybridized carbons (Fsp3) is 0. The van der Waals surface area contributed by atoms with E-state index in [0.717, 1.165) is 5.56 Å². The fourth-order valence-electron chi connectivity index (χ4n) is 1.77. The molecule has 6 heteroatoms. The Morgan fingerprint density at radius 2 is 2.06 bits per heavy atom. The van der Waals surface area contributed by atoms with E-state index >= 15 is 0 Å². The topological polar surface area (TPSA) is 80.4 Å². The maximum Gasteiger partial charge on any atom is 0.356 e. The summed E-state index contributed by atoms with van der Waals surface area (Å²) in [5.74, 6) is -0.605. The van der Waals surface area contributed by atoms with E-state index in [1.165, 1.54) is 4.52 Å². The number of fused-ring (bicyclic) bond motifs is 1. The summed E-state index contributed by atoms with van der Waals surface area (Å²) in [6, 6.07) is 6.92. The minimum Gasteiger partial charge on any atom is -0.476 e. The van der Waals surface area contributed by atoms with Gasteiger partial charge in [0, 0.05) is 24.2 Å². The summed E-state index contributed by atoms with van der Waals surface area (Å²) in [5, 5.41) is 13.2. The van der Waals surface area contributed by atoms with Gasteiger partial charge in [0.15, 0.2) is 11.5 Å². The summed E-state index contributed by atoms with van der Waals surface area (Å²) in [5.41, 5.74) is 1.17. The van der Waals surface area contributed by atoms with Crippen molar-refractivity contribution in [2.45, 2.75) is 0 Å². The molecule has 1 N–H and O–H groups in total. The molecular weight excluding hydrogens is 232 g/mol. The second kappa shape index (κ2) is 3.92. The van der Waals surface area contributed by atoms with E-state index in [1.54, 1.807) is 36.8 Å². The molecule has 0 aliphatic carbocycles. The average Bonchev–Trinajstić information content (AvgIpc) is 2.79. The molecular formula is C12H8N4O2. The van der Waals surface area contributed by atoms with Crippen molar-refractivity contribution in [3.63, 3.8) is 0 Å². The second-order valence-electron chi connectivity index (χ2n) is 3.65. The lowest BCUT2D eigenvalue weighted by molar-refractivity contribution is 0.0693. The molecule has 3 aromatic rings. The van der Waals surface area contributed by atoms with E-state index in [2.05, 4.69) is 15.1 Å². The van der Waals surface area contributed by atoms with Crippen LogP contribution in [0.4, 0.5) is 0 Å². The normalized spacial score (nSPS) is 10.7. The summed E-state index contributed by atoms with van der Waals surface area (Å²) in [6.45, 7) is 0. The third-order valence-electron chi connectivity index (χ3n) is 2.53. The zero-order valence-electron chi connectivity index (χ0n) is 9.19. The summed E-state index contributed by atoms with van der Waals surface area (Å²) in [6.07, 6.45) is 4.85. The van der Waals surface area contributed by atoms with E-state index in [0.29, 0.717) is 11.3 Å². The number of hydrogen-bond donors (Lipinski definition) is 1. The first-order valence-corrected chi connectivity index (χ1v) is 5.25. The highest BCUT2D eigenvalue weighted by Gasteiger charge is 2.17. The predicted octanol–water partition coefficient (Wildman–Crippen LogP) is 1.49.